The first-order chi connectivity index (χ1) is 10.1. The van der Waals surface area contributed by atoms with E-state index in [4.69, 9.17) is 0 Å². The summed E-state index contributed by atoms with van der Waals surface area (Å²) >= 11 is 0. The Morgan fingerprint density at radius 1 is 0.727 bits per heavy atom. The second-order valence-corrected chi connectivity index (χ2v) is 8.87. The molecule has 0 unspecified atom stereocenters. The van der Waals surface area contributed by atoms with E-state index in [9.17, 15) is 0 Å². The Labute approximate surface area is 135 Å². The molecule has 0 atom stereocenters. The van der Waals surface area contributed by atoms with Crippen molar-refractivity contribution < 1.29 is 0 Å². The molecule has 3 rings (SSSR count). The van der Waals surface area contributed by atoms with Crippen molar-refractivity contribution in [3.8, 4) is 11.1 Å². The summed E-state index contributed by atoms with van der Waals surface area (Å²) in [5.41, 5.74) is 10.6. The predicted molar refractivity (Wildman–Crippen MR) is 96.8 cm³/mol. The summed E-state index contributed by atoms with van der Waals surface area (Å²) in [6.07, 6.45) is 1.09. The number of hydrogen-bond donors (Lipinski definition) is 0. The molecule has 2 aromatic rings. The SMILES string of the molecule is Cc1cc(C(C)(C)C)cc2c1Cc1ccc(C(C)(C)C)cc1-2. The van der Waals surface area contributed by atoms with E-state index in [0.717, 1.165) is 6.42 Å². The molecular weight excluding hydrogens is 264 g/mol. The fraction of sp³-hybridized carbons (Fsp3) is 0.455. The molecule has 2 aromatic carbocycles. The standard InChI is InChI=1S/C22H28/c1-14-10-17(22(5,6)7)13-20-18(14)11-15-8-9-16(12-19(15)20)21(2,3)4/h8-10,12-13H,11H2,1-7H3. The van der Waals surface area contributed by atoms with Crippen LogP contribution in [0.25, 0.3) is 11.1 Å². The average Bonchev–Trinajstić information content (AvgIpc) is 2.75. The minimum Gasteiger partial charge on any atom is -0.0582 e. The van der Waals surface area contributed by atoms with E-state index < -0.39 is 0 Å². The quantitative estimate of drug-likeness (QED) is 0.465. The van der Waals surface area contributed by atoms with Gasteiger partial charge < -0.3 is 0 Å². The van der Waals surface area contributed by atoms with E-state index in [0.29, 0.717) is 0 Å². The van der Waals surface area contributed by atoms with Gasteiger partial charge in [0.15, 0.2) is 0 Å². The third-order valence-corrected chi connectivity index (χ3v) is 4.97. The van der Waals surface area contributed by atoms with Crippen LogP contribution in [-0.4, -0.2) is 0 Å². The third kappa shape index (κ3) is 2.49. The maximum Gasteiger partial charge on any atom is -0.00108 e. The van der Waals surface area contributed by atoms with Gasteiger partial charge in [-0.15, -0.1) is 0 Å². The molecule has 0 spiro atoms. The zero-order valence-electron chi connectivity index (χ0n) is 15.1. The molecule has 0 fully saturated rings. The molecule has 0 heterocycles. The topological polar surface area (TPSA) is 0 Å². The minimum atomic E-state index is 0.199. The highest BCUT2D eigenvalue weighted by atomic mass is 14.3. The van der Waals surface area contributed by atoms with Crippen LogP contribution < -0.4 is 0 Å². The van der Waals surface area contributed by atoms with Gasteiger partial charge in [0.25, 0.3) is 0 Å². The monoisotopic (exact) mass is 292 g/mol. The van der Waals surface area contributed by atoms with Crippen molar-refractivity contribution >= 4 is 0 Å². The molecule has 0 N–H and O–H groups in total. The van der Waals surface area contributed by atoms with Crippen LogP contribution in [0.5, 0.6) is 0 Å². The second-order valence-electron chi connectivity index (χ2n) is 8.87. The Balaban J connectivity index is 2.21. The summed E-state index contributed by atoms with van der Waals surface area (Å²) in [4.78, 5) is 0. The Hall–Kier alpha value is -1.56. The van der Waals surface area contributed by atoms with Crippen molar-refractivity contribution in [3.05, 3.63) is 58.1 Å². The summed E-state index contributed by atoms with van der Waals surface area (Å²) < 4.78 is 0. The fourth-order valence-electron chi connectivity index (χ4n) is 3.36. The lowest BCUT2D eigenvalue weighted by Gasteiger charge is -2.22. The summed E-state index contributed by atoms with van der Waals surface area (Å²) in [7, 11) is 0. The van der Waals surface area contributed by atoms with Gasteiger partial charge in [-0.2, -0.15) is 0 Å². The molecule has 1 aliphatic carbocycles. The Morgan fingerprint density at radius 2 is 1.32 bits per heavy atom. The van der Waals surface area contributed by atoms with Crippen molar-refractivity contribution in [3.63, 3.8) is 0 Å². The Morgan fingerprint density at radius 3 is 1.91 bits per heavy atom. The van der Waals surface area contributed by atoms with E-state index in [-0.39, 0.29) is 10.8 Å². The predicted octanol–water partition coefficient (Wildman–Crippen LogP) is 6.16. The normalized spacial score (nSPS) is 14.0. The molecule has 0 saturated carbocycles. The number of rotatable bonds is 0. The molecule has 0 aromatic heterocycles. The molecule has 0 heteroatoms. The molecule has 0 nitrogen and oxygen atoms in total. The lowest BCUT2D eigenvalue weighted by atomic mass is 9.82. The van der Waals surface area contributed by atoms with Crippen molar-refractivity contribution in [1.82, 2.24) is 0 Å². The van der Waals surface area contributed by atoms with Gasteiger partial charge in [-0.05, 0) is 63.1 Å². The summed E-state index contributed by atoms with van der Waals surface area (Å²) in [5.74, 6) is 0. The van der Waals surface area contributed by atoms with Gasteiger partial charge in [0, 0.05) is 0 Å². The summed E-state index contributed by atoms with van der Waals surface area (Å²) in [6, 6.07) is 11.9. The van der Waals surface area contributed by atoms with Crippen LogP contribution in [0.2, 0.25) is 0 Å². The van der Waals surface area contributed by atoms with Gasteiger partial charge in [0.05, 0.1) is 0 Å². The molecular formula is C22H28. The number of hydrogen-bond acceptors (Lipinski definition) is 0. The maximum absolute atomic E-state index is 2.43. The van der Waals surface area contributed by atoms with Crippen LogP contribution in [0.4, 0.5) is 0 Å². The van der Waals surface area contributed by atoms with Crippen LogP contribution in [0.3, 0.4) is 0 Å². The molecule has 0 aliphatic heterocycles. The zero-order valence-corrected chi connectivity index (χ0v) is 15.1. The summed E-state index contributed by atoms with van der Waals surface area (Å²) in [5, 5.41) is 0. The lowest BCUT2D eigenvalue weighted by Crippen LogP contribution is -2.12. The van der Waals surface area contributed by atoms with Gasteiger partial charge in [-0.25, -0.2) is 0 Å². The van der Waals surface area contributed by atoms with Crippen LogP contribution in [0.1, 0.15) is 69.4 Å². The minimum absolute atomic E-state index is 0.199. The fourth-order valence-corrected chi connectivity index (χ4v) is 3.36. The van der Waals surface area contributed by atoms with Crippen molar-refractivity contribution in [1.29, 1.82) is 0 Å². The van der Waals surface area contributed by atoms with Gasteiger partial charge in [-0.1, -0.05) is 71.9 Å². The highest BCUT2D eigenvalue weighted by molar-refractivity contribution is 5.79. The zero-order chi connectivity index (χ0) is 16.3. The van der Waals surface area contributed by atoms with E-state index in [1.165, 1.54) is 38.9 Å². The van der Waals surface area contributed by atoms with E-state index >= 15 is 0 Å². The van der Waals surface area contributed by atoms with Crippen LogP contribution in [-0.2, 0) is 17.3 Å². The van der Waals surface area contributed by atoms with Gasteiger partial charge in [0.2, 0.25) is 0 Å². The highest BCUT2D eigenvalue weighted by Gasteiger charge is 2.25. The van der Waals surface area contributed by atoms with Crippen molar-refractivity contribution in [2.24, 2.45) is 0 Å². The van der Waals surface area contributed by atoms with Crippen molar-refractivity contribution in [2.75, 3.05) is 0 Å². The van der Waals surface area contributed by atoms with E-state index in [2.05, 4.69) is 78.8 Å². The van der Waals surface area contributed by atoms with Gasteiger partial charge in [0.1, 0.15) is 0 Å². The molecule has 0 saturated heterocycles. The summed E-state index contributed by atoms with van der Waals surface area (Å²) in [6.45, 7) is 16.1. The first-order valence-corrected chi connectivity index (χ1v) is 8.35. The smallest absolute Gasteiger partial charge is 0.00108 e. The van der Waals surface area contributed by atoms with Crippen LogP contribution in [0.15, 0.2) is 30.3 Å². The first-order valence-electron chi connectivity index (χ1n) is 8.35. The Bertz CT molecular complexity index is 734. The third-order valence-electron chi connectivity index (χ3n) is 4.97. The largest absolute Gasteiger partial charge is 0.0582 e. The average molecular weight is 292 g/mol. The lowest BCUT2D eigenvalue weighted by molar-refractivity contribution is 0.589. The number of fused-ring (bicyclic) bond motifs is 3. The Kier molecular flexibility index (Phi) is 3.29. The molecule has 1 aliphatic rings. The van der Waals surface area contributed by atoms with Gasteiger partial charge >= 0.3 is 0 Å². The van der Waals surface area contributed by atoms with Crippen LogP contribution in [0, 0.1) is 6.92 Å². The van der Waals surface area contributed by atoms with E-state index in [1.807, 2.05) is 0 Å². The second kappa shape index (κ2) is 4.72. The van der Waals surface area contributed by atoms with Crippen LogP contribution >= 0.6 is 0 Å². The highest BCUT2D eigenvalue weighted by Crippen LogP contribution is 2.42. The molecule has 0 radical (unpaired) electrons. The maximum atomic E-state index is 2.43. The van der Waals surface area contributed by atoms with Crippen molar-refractivity contribution in [2.45, 2.75) is 65.7 Å². The first kappa shape index (κ1) is 15.3. The molecule has 22 heavy (non-hydrogen) atoms. The van der Waals surface area contributed by atoms with E-state index in [1.54, 1.807) is 0 Å². The number of aryl methyl sites for hydroxylation is 1. The molecule has 0 bridgehead atoms. The van der Waals surface area contributed by atoms with Gasteiger partial charge in [-0.3, -0.25) is 0 Å². The molecule has 116 valence electrons. The number of benzene rings is 2. The molecule has 0 amide bonds.